The molecule has 1 heterocycles. The van der Waals surface area contributed by atoms with Crippen LogP contribution in [0.25, 0.3) is 0 Å². The zero-order chi connectivity index (χ0) is 11.0. The second-order valence-corrected chi connectivity index (χ2v) is 5.16. The predicted octanol–water partition coefficient (Wildman–Crippen LogP) is 3.17. The fourth-order valence-electron chi connectivity index (χ4n) is 2.47. The van der Waals surface area contributed by atoms with E-state index in [2.05, 4.69) is 42.2 Å². The van der Waals surface area contributed by atoms with Crippen LogP contribution in [0.3, 0.4) is 0 Å². The van der Waals surface area contributed by atoms with E-state index in [4.69, 9.17) is 4.74 Å². The average molecular weight is 254 g/mol. The summed E-state index contributed by atoms with van der Waals surface area (Å²) in [5.41, 5.74) is 1.23. The Morgan fingerprint density at radius 1 is 1.24 bits per heavy atom. The Bertz CT molecular complexity index is 356. The van der Waals surface area contributed by atoms with Crippen LogP contribution in [0, 0.1) is 0 Å². The molecule has 1 aromatic carbocycles. The molecular weight excluding hydrogens is 234 g/mol. The lowest BCUT2D eigenvalue weighted by Gasteiger charge is -2.40. The van der Waals surface area contributed by atoms with Gasteiger partial charge >= 0.3 is 0 Å². The Balaban J connectivity index is 0.00000108. The third-order valence-electron chi connectivity index (χ3n) is 3.87. The third-order valence-corrected chi connectivity index (χ3v) is 3.87. The van der Waals surface area contributed by atoms with Gasteiger partial charge in [-0.05, 0) is 31.7 Å². The fraction of sp³-hybridized carbons (Fsp3) is 0.571. The molecule has 3 rings (SSSR count). The Morgan fingerprint density at radius 3 is 2.47 bits per heavy atom. The number of ether oxygens (including phenoxy) is 1. The minimum absolute atomic E-state index is 0. The largest absolute Gasteiger partial charge is 0.355 e. The van der Waals surface area contributed by atoms with E-state index in [0.29, 0.717) is 0 Å². The van der Waals surface area contributed by atoms with Gasteiger partial charge < -0.3 is 4.74 Å². The van der Waals surface area contributed by atoms with Gasteiger partial charge in [0.15, 0.2) is 0 Å². The van der Waals surface area contributed by atoms with E-state index in [9.17, 15) is 0 Å². The summed E-state index contributed by atoms with van der Waals surface area (Å²) in [6.45, 7) is 4.19. The molecule has 2 fully saturated rings. The summed E-state index contributed by atoms with van der Waals surface area (Å²) in [6, 6.07) is 11.4. The molecule has 2 aliphatic rings. The van der Waals surface area contributed by atoms with Crippen LogP contribution < -0.4 is 0 Å². The topological polar surface area (TPSA) is 12.5 Å². The summed E-state index contributed by atoms with van der Waals surface area (Å²) in [5.74, 6) is 0. The van der Waals surface area contributed by atoms with Crippen LogP contribution in [0.4, 0.5) is 0 Å². The van der Waals surface area contributed by atoms with Crippen LogP contribution in [-0.2, 0) is 10.3 Å². The molecule has 17 heavy (non-hydrogen) atoms. The predicted molar refractivity (Wildman–Crippen MR) is 71.3 cm³/mol. The van der Waals surface area contributed by atoms with Gasteiger partial charge in [0, 0.05) is 12.6 Å². The van der Waals surface area contributed by atoms with E-state index in [1.165, 1.54) is 24.9 Å². The van der Waals surface area contributed by atoms with Crippen LogP contribution in [-0.4, -0.2) is 24.2 Å². The number of hydrogen-bond acceptors (Lipinski definition) is 2. The maximum atomic E-state index is 6.09. The van der Waals surface area contributed by atoms with Crippen molar-refractivity contribution in [1.82, 2.24) is 4.90 Å². The quantitative estimate of drug-likeness (QED) is 0.803. The van der Waals surface area contributed by atoms with Crippen molar-refractivity contribution in [2.45, 2.75) is 37.8 Å². The van der Waals surface area contributed by atoms with E-state index in [1.54, 1.807) is 0 Å². The molecule has 1 unspecified atom stereocenters. The van der Waals surface area contributed by atoms with Crippen LogP contribution in [0.15, 0.2) is 30.3 Å². The number of benzene rings is 1. The first-order valence-electron chi connectivity index (χ1n) is 6.21. The number of hydrogen-bond donors (Lipinski definition) is 0. The standard InChI is InChI=1S/C14H19NO.ClH/c1-14(12-5-3-2-4-6-12)9-10-15(11-16-14)13-7-8-13;/h2-6,13H,7-11H2,1H3;1H. The van der Waals surface area contributed by atoms with Gasteiger partial charge in [-0.2, -0.15) is 0 Å². The Morgan fingerprint density at radius 2 is 1.94 bits per heavy atom. The van der Waals surface area contributed by atoms with Crippen molar-refractivity contribution in [3.63, 3.8) is 0 Å². The lowest BCUT2D eigenvalue weighted by Crippen LogP contribution is -2.44. The molecular formula is C14H20ClNO. The zero-order valence-electron chi connectivity index (χ0n) is 10.3. The number of halogens is 1. The molecule has 0 radical (unpaired) electrons. The molecule has 94 valence electrons. The summed E-state index contributed by atoms with van der Waals surface area (Å²) in [6.07, 6.45) is 3.84. The zero-order valence-corrected chi connectivity index (χ0v) is 11.1. The van der Waals surface area contributed by atoms with E-state index < -0.39 is 0 Å². The highest BCUT2D eigenvalue weighted by Crippen LogP contribution is 2.36. The molecule has 1 saturated carbocycles. The SMILES string of the molecule is CC1(c2ccccc2)CCN(C2CC2)CO1.Cl. The highest BCUT2D eigenvalue weighted by Gasteiger charge is 2.37. The highest BCUT2D eigenvalue weighted by molar-refractivity contribution is 5.85. The fourth-order valence-corrected chi connectivity index (χ4v) is 2.47. The second-order valence-electron chi connectivity index (χ2n) is 5.16. The van der Waals surface area contributed by atoms with E-state index in [1.807, 2.05) is 0 Å². The van der Waals surface area contributed by atoms with Gasteiger partial charge in [-0.1, -0.05) is 30.3 Å². The molecule has 1 atom stereocenters. The summed E-state index contributed by atoms with van der Waals surface area (Å²) in [4.78, 5) is 2.48. The molecule has 1 aliphatic heterocycles. The normalized spacial score (nSPS) is 29.7. The summed E-state index contributed by atoms with van der Waals surface area (Å²) in [7, 11) is 0. The van der Waals surface area contributed by atoms with E-state index >= 15 is 0 Å². The van der Waals surface area contributed by atoms with Crippen molar-refractivity contribution in [2.75, 3.05) is 13.3 Å². The molecule has 3 heteroatoms. The summed E-state index contributed by atoms with van der Waals surface area (Å²) in [5, 5.41) is 0. The summed E-state index contributed by atoms with van der Waals surface area (Å²) < 4.78 is 6.09. The Kier molecular flexibility index (Phi) is 3.76. The van der Waals surface area contributed by atoms with Gasteiger partial charge in [0.25, 0.3) is 0 Å². The molecule has 2 nitrogen and oxygen atoms in total. The molecule has 0 spiro atoms. The maximum absolute atomic E-state index is 6.09. The van der Waals surface area contributed by atoms with Gasteiger partial charge in [-0.3, -0.25) is 4.90 Å². The first-order valence-corrected chi connectivity index (χ1v) is 6.21. The lowest BCUT2D eigenvalue weighted by molar-refractivity contribution is -0.136. The smallest absolute Gasteiger partial charge is 0.100 e. The van der Waals surface area contributed by atoms with Crippen molar-refractivity contribution in [1.29, 1.82) is 0 Å². The minimum Gasteiger partial charge on any atom is -0.355 e. The van der Waals surface area contributed by atoms with Crippen LogP contribution in [0.2, 0.25) is 0 Å². The van der Waals surface area contributed by atoms with E-state index in [0.717, 1.165) is 19.2 Å². The Labute approximate surface area is 109 Å². The molecule has 1 aromatic rings. The lowest BCUT2D eigenvalue weighted by atomic mass is 9.91. The molecule has 1 aliphatic carbocycles. The van der Waals surface area contributed by atoms with Gasteiger partial charge in [-0.25, -0.2) is 0 Å². The number of nitrogens with zero attached hydrogens (tertiary/aromatic N) is 1. The molecule has 0 aromatic heterocycles. The molecule has 0 amide bonds. The van der Waals surface area contributed by atoms with Gasteiger partial charge in [0.2, 0.25) is 0 Å². The first kappa shape index (κ1) is 12.9. The summed E-state index contributed by atoms with van der Waals surface area (Å²) >= 11 is 0. The molecule has 0 bridgehead atoms. The molecule has 0 N–H and O–H groups in total. The second kappa shape index (κ2) is 4.97. The molecule has 1 saturated heterocycles. The Hall–Kier alpha value is -0.570. The first-order chi connectivity index (χ1) is 7.78. The van der Waals surface area contributed by atoms with Crippen molar-refractivity contribution < 1.29 is 4.74 Å². The van der Waals surface area contributed by atoms with Gasteiger partial charge in [0.1, 0.15) is 6.73 Å². The van der Waals surface area contributed by atoms with Crippen molar-refractivity contribution in [3.8, 4) is 0 Å². The highest BCUT2D eigenvalue weighted by atomic mass is 35.5. The van der Waals surface area contributed by atoms with Crippen molar-refractivity contribution in [2.24, 2.45) is 0 Å². The van der Waals surface area contributed by atoms with Gasteiger partial charge in [0.05, 0.1) is 5.60 Å². The third kappa shape index (κ3) is 2.65. The minimum atomic E-state index is -0.0767. The van der Waals surface area contributed by atoms with Crippen LogP contribution in [0.1, 0.15) is 31.7 Å². The van der Waals surface area contributed by atoms with Crippen molar-refractivity contribution >= 4 is 12.4 Å². The van der Waals surface area contributed by atoms with Gasteiger partial charge in [-0.15, -0.1) is 12.4 Å². The monoisotopic (exact) mass is 253 g/mol. The average Bonchev–Trinajstić information content (AvgIpc) is 3.15. The number of rotatable bonds is 2. The van der Waals surface area contributed by atoms with Crippen molar-refractivity contribution in [3.05, 3.63) is 35.9 Å². The van der Waals surface area contributed by atoms with Crippen LogP contribution >= 0.6 is 12.4 Å². The van der Waals surface area contributed by atoms with E-state index in [-0.39, 0.29) is 18.0 Å². The van der Waals surface area contributed by atoms with Crippen LogP contribution in [0.5, 0.6) is 0 Å². The maximum Gasteiger partial charge on any atom is 0.100 e.